The molecule has 3 fully saturated rings. The highest BCUT2D eigenvalue weighted by Gasteiger charge is 2.60. The fourth-order valence-corrected chi connectivity index (χ4v) is 8.11. The molecule has 0 heterocycles. The van der Waals surface area contributed by atoms with Crippen molar-refractivity contribution in [2.24, 2.45) is 40.4 Å². The molecule has 0 saturated heterocycles. The molecular formula is C25H40O4. The predicted molar refractivity (Wildman–Crippen MR) is 113 cm³/mol. The molecule has 4 aliphatic rings. The zero-order chi connectivity index (χ0) is 21.0. The van der Waals surface area contributed by atoms with Crippen LogP contribution in [0.4, 0.5) is 0 Å². The number of hydrogen-bond donors (Lipinski definition) is 2. The van der Waals surface area contributed by atoms with Crippen molar-refractivity contribution in [2.75, 3.05) is 7.11 Å². The summed E-state index contributed by atoms with van der Waals surface area (Å²) >= 11 is 0. The number of fused-ring (bicyclic) bond motifs is 5. The Hall–Kier alpha value is -0.870. The molecule has 0 amide bonds. The SMILES string of the molecule is COC(=O)CC[C@@H](C)[C@H]1CC[C@H]2[C@@H]3CC[C@@H]4C[C@H](O)CC[C@]4(C)C3=C[C@H](O)[C@]12C. The summed E-state index contributed by atoms with van der Waals surface area (Å²) in [6, 6.07) is 0. The van der Waals surface area contributed by atoms with E-state index in [9.17, 15) is 15.0 Å². The second-order valence-electron chi connectivity index (χ2n) is 11.0. The van der Waals surface area contributed by atoms with Gasteiger partial charge in [0.15, 0.2) is 0 Å². The molecule has 0 unspecified atom stereocenters. The lowest BCUT2D eigenvalue weighted by Gasteiger charge is -2.58. The monoisotopic (exact) mass is 404 g/mol. The van der Waals surface area contributed by atoms with E-state index in [0.717, 1.165) is 32.1 Å². The number of methoxy groups -OCH3 is 1. The van der Waals surface area contributed by atoms with Gasteiger partial charge in [-0.2, -0.15) is 0 Å². The average Bonchev–Trinajstić information content (AvgIpc) is 3.06. The van der Waals surface area contributed by atoms with Gasteiger partial charge in [-0.25, -0.2) is 0 Å². The van der Waals surface area contributed by atoms with Crippen LogP contribution < -0.4 is 0 Å². The Labute approximate surface area is 176 Å². The van der Waals surface area contributed by atoms with Crippen LogP contribution in [0.2, 0.25) is 0 Å². The van der Waals surface area contributed by atoms with Crippen LogP contribution >= 0.6 is 0 Å². The number of rotatable bonds is 4. The standard InChI is InChI=1S/C25H40O4/c1-15(5-10-23(28)29-4)19-8-9-20-18-7-6-16-13-17(26)11-12-24(16,2)21(18)14-22(27)25(19,20)3/h14-20,22,26-27H,5-13H2,1-4H3/t15-,16-,17-,18+,19-,20+,22+,24+,25-/m1/s1. The second kappa shape index (κ2) is 7.67. The summed E-state index contributed by atoms with van der Waals surface area (Å²) in [7, 11) is 1.46. The molecule has 0 aromatic heterocycles. The first kappa shape index (κ1) is 21.4. The van der Waals surface area contributed by atoms with Gasteiger partial charge in [0.05, 0.1) is 19.3 Å². The molecule has 0 spiro atoms. The van der Waals surface area contributed by atoms with Crippen LogP contribution in [0.15, 0.2) is 11.6 Å². The van der Waals surface area contributed by atoms with Crippen LogP contribution in [0.3, 0.4) is 0 Å². The highest BCUT2D eigenvalue weighted by atomic mass is 16.5. The van der Waals surface area contributed by atoms with Gasteiger partial charge >= 0.3 is 5.97 Å². The molecule has 2 N–H and O–H groups in total. The van der Waals surface area contributed by atoms with Crippen LogP contribution in [0.1, 0.15) is 78.6 Å². The Morgan fingerprint density at radius 2 is 1.97 bits per heavy atom. The summed E-state index contributed by atoms with van der Waals surface area (Å²) in [5.74, 6) is 2.40. The van der Waals surface area contributed by atoms with E-state index in [1.807, 2.05) is 0 Å². The zero-order valence-corrected chi connectivity index (χ0v) is 18.7. The summed E-state index contributed by atoms with van der Waals surface area (Å²) in [6.07, 6.45) is 10.6. The van der Waals surface area contributed by atoms with Gasteiger partial charge in [-0.1, -0.05) is 32.4 Å². The third-order valence-corrected chi connectivity index (χ3v) is 9.90. The molecule has 0 aromatic rings. The fraction of sp³-hybridized carbons (Fsp3) is 0.880. The van der Waals surface area contributed by atoms with Crippen molar-refractivity contribution in [1.82, 2.24) is 0 Å². The van der Waals surface area contributed by atoms with Crippen LogP contribution in [0, 0.1) is 40.4 Å². The van der Waals surface area contributed by atoms with E-state index in [2.05, 4.69) is 26.8 Å². The minimum atomic E-state index is -0.408. The maximum Gasteiger partial charge on any atom is 0.305 e. The lowest BCUT2D eigenvalue weighted by atomic mass is 9.47. The molecule has 0 aliphatic heterocycles. The second-order valence-corrected chi connectivity index (χ2v) is 11.0. The number of aliphatic hydroxyl groups is 2. The normalized spacial score (nSPS) is 47.4. The zero-order valence-electron chi connectivity index (χ0n) is 18.7. The van der Waals surface area contributed by atoms with Crippen LogP contribution in [0.25, 0.3) is 0 Å². The number of ether oxygens (including phenoxy) is 1. The highest BCUT2D eigenvalue weighted by molar-refractivity contribution is 5.69. The van der Waals surface area contributed by atoms with Gasteiger partial charge in [0.2, 0.25) is 0 Å². The van der Waals surface area contributed by atoms with Crippen LogP contribution in [-0.2, 0) is 9.53 Å². The first-order chi connectivity index (χ1) is 13.7. The largest absolute Gasteiger partial charge is 0.469 e. The summed E-state index contributed by atoms with van der Waals surface area (Å²) in [5.41, 5.74) is 1.57. The van der Waals surface area contributed by atoms with E-state index in [1.165, 1.54) is 31.9 Å². The third kappa shape index (κ3) is 3.29. The molecular weight excluding hydrogens is 364 g/mol. The Morgan fingerprint density at radius 3 is 2.69 bits per heavy atom. The molecule has 9 atom stereocenters. The highest BCUT2D eigenvalue weighted by Crippen LogP contribution is 2.66. The molecule has 4 aliphatic carbocycles. The average molecular weight is 405 g/mol. The van der Waals surface area contributed by atoms with Gasteiger partial charge in [0.25, 0.3) is 0 Å². The van der Waals surface area contributed by atoms with E-state index in [-0.39, 0.29) is 22.9 Å². The number of carbonyl (C=O) groups is 1. The molecule has 4 heteroatoms. The molecule has 0 radical (unpaired) electrons. The molecule has 0 bridgehead atoms. The smallest absolute Gasteiger partial charge is 0.305 e. The van der Waals surface area contributed by atoms with Crippen molar-refractivity contribution in [1.29, 1.82) is 0 Å². The van der Waals surface area contributed by atoms with E-state index in [4.69, 9.17) is 4.74 Å². The Bertz CT molecular complexity index is 672. The molecule has 164 valence electrons. The van der Waals surface area contributed by atoms with Crippen molar-refractivity contribution in [3.63, 3.8) is 0 Å². The quantitative estimate of drug-likeness (QED) is 0.535. The number of hydrogen-bond acceptors (Lipinski definition) is 4. The van der Waals surface area contributed by atoms with Gasteiger partial charge in [0.1, 0.15) is 0 Å². The first-order valence-corrected chi connectivity index (χ1v) is 11.9. The van der Waals surface area contributed by atoms with Crippen molar-refractivity contribution < 1.29 is 19.7 Å². The van der Waals surface area contributed by atoms with E-state index in [0.29, 0.717) is 36.0 Å². The van der Waals surface area contributed by atoms with Crippen molar-refractivity contribution in [3.8, 4) is 0 Å². The Morgan fingerprint density at radius 1 is 1.21 bits per heavy atom. The van der Waals surface area contributed by atoms with Gasteiger partial charge < -0.3 is 14.9 Å². The predicted octanol–water partition coefficient (Wildman–Crippen LogP) is 4.49. The topological polar surface area (TPSA) is 66.8 Å². The summed E-state index contributed by atoms with van der Waals surface area (Å²) in [4.78, 5) is 11.6. The molecule has 3 saturated carbocycles. The maximum atomic E-state index is 11.6. The maximum absolute atomic E-state index is 11.6. The molecule has 29 heavy (non-hydrogen) atoms. The summed E-state index contributed by atoms with van der Waals surface area (Å²) < 4.78 is 4.84. The van der Waals surface area contributed by atoms with Gasteiger partial charge in [0, 0.05) is 11.8 Å². The van der Waals surface area contributed by atoms with Gasteiger partial charge in [-0.3, -0.25) is 4.79 Å². The van der Waals surface area contributed by atoms with Crippen LogP contribution in [-0.4, -0.2) is 35.5 Å². The van der Waals surface area contributed by atoms with E-state index < -0.39 is 6.10 Å². The molecule has 4 rings (SSSR count). The lowest BCUT2D eigenvalue weighted by Crippen LogP contribution is -2.53. The number of allylic oxidation sites excluding steroid dienone is 1. The Kier molecular flexibility index (Phi) is 5.65. The fourth-order valence-electron chi connectivity index (χ4n) is 8.11. The summed E-state index contributed by atoms with van der Waals surface area (Å²) in [5, 5.41) is 21.7. The molecule has 0 aromatic carbocycles. The van der Waals surface area contributed by atoms with Crippen LogP contribution in [0.5, 0.6) is 0 Å². The first-order valence-electron chi connectivity index (χ1n) is 11.9. The van der Waals surface area contributed by atoms with E-state index in [1.54, 1.807) is 0 Å². The number of esters is 1. The summed E-state index contributed by atoms with van der Waals surface area (Å²) in [6.45, 7) is 6.98. The molecule has 4 nitrogen and oxygen atoms in total. The van der Waals surface area contributed by atoms with Gasteiger partial charge in [-0.05, 0) is 86.4 Å². The van der Waals surface area contributed by atoms with Crippen molar-refractivity contribution >= 4 is 5.97 Å². The van der Waals surface area contributed by atoms with Gasteiger partial charge in [-0.15, -0.1) is 0 Å². The third-order valence-electron chi connectivity index (χ3n) is 9.90. The lowest BCUT2D eigenvalue weighted by molar-refractivity contribution is -0.141. The minimum Gasteiger partial charge on any atom is -0.469 e. The minimum absolute atomic E-state index is 0.0962. The Balaban J connectivity index is 1.59. The van der Waals surface area contributed by atoms with E-state index >= 15 is 0 Å². The number of carbonyl (C=O) groups excluding carboxylic acids is 1. The van der Waals surface area contributed by atoms with Crippen molar-refractivity contribution in [3.05, 3.63) is 11.6 Å². The van der Waals surface area contributed by atoms with Crippen molar-refractivity contribution in [2.45, 2.75) is 90.8 Å². The number of aliphatic hydroxyl groups excluding tert-OH is 2.